The van der Waals surface area contributed by atoms with Gasteiger partial charge in [0.2, 0.25) is 5.88 Å². The first kappa shape index (κ1) is 14.1. The van der Waals surface area contributed by atoms with E-state index >= 15 is 0 Å². The Morgan fingerprint density at radius 1 is 1.30 bits per heavy atom. The molecule has 0 saturated carbocycles. The van der Waals surface area contributed by atoms with Gasteiger partial charge in [-0.25, -0.2) is 4.98 Å². The van der Waals surface area contributed by atoms with Crippen LogP contribution in [0.3, 0.4) is 0 Å². The molecule has 4 N–H and O–H groups in total. The van der Waals surface area contributed by atoms with E-state index in [4.69, 9.17) is 32.4 Å². The molecule has 0 aliphatic heterocycles. The average molecular weight is 294 g/mol. The van der Waals surface area contributed by atoms with Crippen LogP contribution in [0.2, 0.25) is 5.02 Å². The number of nitrogens with zero attached hydrogens (tertiary/aromatic N) is 2. The monoisotopic (exact) mass is 293 g/mol. The molecule has 0 bridgehead atoms. The number of halogens is 1. The molecule has 0 aliphatic rings. The molecular weight excluding hydrogens is 282 g/mol. The van der Waals surface area contributed by atoms with Gasteiger partial charge in [-0.3, -0.25) is 0 Å². The predicted octanol–water partition coefficient (Wildman–Crippen LogP) is 2.11. The summed E-state index contributed by atoms with van der Waals surface area (Å²) in [4.78, 5) is 4.00. The van der Waals surface area contributed by atoms with Crippen LogP contribution in [-0.2, 0) is 6.61 Å². The topological polar surface area (TPSA) is 101 Å². The number of ether oxygens (including phenoxy) is 1. The molecule has 0 saturated heterocycles. The van der Waals surface area contributed by atoms with Crippen molar-refractivity contribution >= 4 is 17.4 Å². The number of rotatable bonds is 4. The van der Waals surface area contributed by atoms with E-state index < -0.39 is 0 Å². The van der Waals surface area contributed by atoms with Gasteiger partial charge in [-0.1, -0.05) is 28.9 Å². The van der Waals surface area contributed by atoms with Crippen LogP contribution in [0.4, 0.5) is 0 Å². The largest absolute Gasteiger partial charge is 0.438 e. The Bertz CT molecular complexity index is 629. The molecule has 1 aromatic heterocycles. The van der Waals surface area contributed by atoms with Crippen LogP contribution in [0.1, 0.15) is 11.1 Å². The lowest BCUT2D eigenvalue weighted by Crippen LogP contribution is -2.14. The van der Waals surface area contributed by atoms with Gasteiger partial charge in [0.1, 0.15) is 10.8 Å². The number of pyridine rings is 1. The Labute approximate surface area is 120 Å². The summed E-state index contributed by atoms with van der Waals surface area (Å²) in [6.07, 6.45) is 1.44. The van der Waals surface area contributed by atoms with Crippen LogP contribution in [0.15, 0.2) is 41.7 Å². The Kier molecular flexibility index (Phi) is 4.39. The molecule has 6 nitrogen and oxygen atoms in total. The number of aliphatic hydroxyl groups is 1. The summed E-state index contributed by atoms with van der Waals surface area (Å²) in [5.74, 6) is 0.527. The Morgan fingerprint density at radius 3 is 2.60 bits per heavy atom. The van der Waals surface area contributed by atoms with Crippen molar-refractivity contribution in [3.05, 3.63) is 52.7 Å². The van der Waals surface area contributed by atoms with Crippen LogP contribution < -0.4 is 10.5 Å². The molecular formula is C13H12ClN3O3. The number of hydrogen-bond acceptors (Lipinski definition) is 5. The minimum atomic E-state index is -0.127. The third-order valence-corrected chi connectivity index (χ3v) is 2.93. The smallest absolute Gasteiger partial charge is 0.238 e. The highest BCUT2D eigenvalue weighted by molar-refractivity contribution is 6.35. The third kappa shape index (κ3) is 2.98. The fraction of sp³-hybridized carbons (Fsp3) is 0.0769. The van der Waals surface area contributed by atoms with E-state index in [2.05, 4.69) is 10.1 Å². The summed E-state index contributed by atoms with van der Waals surface area (Å²) >= 11 is 6.09. The third-order valence-electron chi connectivity index (χ3n) is 2.56. The van der Waals surface area contributed by atoms with Crippen LogP contribution >= 0.6 is 11.6 Å². The first-order chi connectivity index (χ1) is 9.65. The summed E-state index contributed by atoms with van der Waals surface area (Å²) < 4.78 is 5.53. The Balaban J connectivity index is 2.29. The molecule has 0 aliphatic carbocycles. The van der Waals surface area contributed by atoms with Crippen molar-refractivity contribution in [1.82, 2.24) is 4.98 Å². The molecule has 0 radical (unpaired) electrons. The van der Waals surface area contributed by atoms with Gasteiger partial charge in [-0.05, 0) is 23.8 Å². The van der Waals surface area contributed by atoms with Gasteiger partial charge >= 0.3 is 0 Å². The maximum Gasteiger partial charge on any atom is 0.238 e. The summed E-state index contributed by atoms with van der Waals surface area (Å²) in [6, 6.07) is 8.31. The fourth-order valence-electron chi connectivity index (χ4n) is 1.52. The van der Waals surface area contributed by atoms with E-state index in [1.807, 2.05) is 0 Å². The van der Waals surface area contributed by atoms with Gasteiger partial charge in [0.25, 0.3) is 0 Å². The summed E-state index contributed by atoms with van der Waals surface area (Å²) in [5, 5.41) is 20.7. The van der Waals surface area contributed by atoms with E-state index in [0.29, 0.717) is 11.3 Å². The van der Waals surface area contributed by atoms with Gasteiger partial charge in [0.15, 0.2) is 5.84 Å². The van der Waals surface area contributed by atoms with Crippen molar-refractivity contribution in [3.8, 4) is 11.6 Å². The van der Waals surface area contributed by atoms with Crippen molar-refractivity contribution in [2.24, 2.45) is 10.9 Å². The van der Waals surface area contributed by atoms with Crippen molar-refractivity contribution in [2.75, 3.05) is 0 Å². The molecule has 7 heteroatoms. The first-order valence-electron chi connectivity index (χ1n) is 5.65. The van der Waals surface area contributed by atoms with E-state index in [1.54, 1.807) is 24.3 Å². The van der Waals surface area contributed by atoms with Crippen molar-refractivity contribution in [2.45, 2.75) is 6.61 Å². The standard InChI is InChI=1S/C13H12ClN3O3/c14-11-10(12(15)17-19)5-6-16-13(11)20-9-3-1-8(7-18)2-4-9/h1-6,18-19H,7H2,(H2,15,17). The molecule has 0 atom stereocenters. The molecule has 0 unspecified atom stereocenters. The highest BCUT2D eigenvalue weighted by Crippen LogP contribution is 2.29. The normalized spacial score (nSPS) is 11.4. The zero-order valence-corrected chi connectivity index (χ0v) is 11.1. The van der Waals surface area contributed by atoms with E-state index in [9.17, 15) is 0 Å². The molecule has 0 fully saturated rings. The predicted molar refractivity (Wildman–Crippen MR) is 74.2 cm³/mol. The zero-order chi connectivity index (χ0) is 14.5. The first-order valence-corrected chi connectivity index (χ1v) is 6.03. The lowest BCUT2D eigenvalue weighted by Gasteiger charge is -2.09. The van der Waals surface area contributed by atoms with Crippen molar-refractivity contribution in [1.29, 1.82) is 0 Å². The molecule has 1 aromatic carbocycles. The van der Waals surface area contributed by atoms with Gasteiger partial charge in [-0.2, -0.15) is 0 Å². The van der Waals surface area contributed by atoms with Crippen LogP contribution in [0, 0.1) is 0 Å². The van der Waals surface area contributed by atoms with E-state index in [0.717, 1.165) is 5.56 Å². The second-order valence-electron chi connectivity index (χ2n) is 3.87. The fourth-order valence-corrected chi connectivity index (χ4v) is 1.77. The molecule has 20 heavy (non-hydrogen) atoms. The van der Waals surface area contributed by atoms with Gasteiger partial charge < -0.3 is 20.8 Å². The van der Waals surface area contributed by atoms with Crippen molar-refractivity contribution in [3.63, 3.8) is 0 Å². The van der Waals surface area contributed by atoms with E-state index in [1.165, 1.54) is 12.3 Å². The maximum absolute atomic E-state index is 8.96. The zero-order valence-electron chi connectivity index (χ0n) is 10.3. The maximum atomic E-state index is 8.96. The molecule has 0 spiro atoms. The number of hydrogen-bond donors (Lipinski definition) is 3. The van der Waals surface area contributed by atoms with E-state index in [-0.39, 0.29) is 23.3 Å². The average Bonchev–Trinajstić information content (AvgIpc) is 2.49. The highest BCUT2D eigenvalue weighted by atomic mass is 35.5. The Hall–Kier alpha value is -2.31. The van der Waals surface area contributed by atoms with Crippen LogP contribution in [0.25, 0.3) is 0 Å². The molecule has 0 amide bonds. The van der Waals surface area contributed by atoms with Crippen LogP contribution in [0.5, 0.6) is 11.6 Å². The van der Waals surface area contributed by atoms with Gasteiger partial charge in [-0.15, -0.1) is 0 Å². The molecule has 104 valence electrons. The van der Waals surface area contributed by atoms with Crippen LogP contribution in [-0.4, -0.2) is 21.1 Å². The summed E-state index contributed by atoms with van der Waals surface area (Å²) in [6.45, 7) is -0.0434. The number of nitrogens with two attached hydrogens (primary N) is 1. The molecule has 2 rings (SSSR count). The van der Waals surface area contributed by atoms with Gasteiger partial charge in [0, 0.05) is 11.8 Å². The highest BCUT2D eigenvalue weighted by Gasteiger charge is 2.13. The second-order valence-corrected chi connectivity index (χ2v) is 4.24. The number of amidine groups is 1. The number of benzene rings is 1. The summed E-state index contributed by atoms with van der Waals surface area (Å²) in [7, 11) is 0. The Morgan fingerprint density at radius 2 is 2.00 bits per heavy atom. The van der Waals surface area contributed by atoms with Gasteiger partial charge in [0.05, 0.1) is 6.61 Å². The molecule has 1 heterocycles. The SMILES string of the molecule is N/C(=N/O)c1ccnc(Oc2ccc(CO)cc2)c1Cl. The quantitative estimate of drug-likeness (QED) is 0.347. The minimum absolute atomic E-state index is 0.0434. The number of oxime groups is 1. The minimum Gasteiger partial charge on any atom is -0.438 e. The lowest BCUT2D eigenvalue weighted by molar-refractivity contribution is 0.281. The molecule has 2 aromatic rings. The lowest BCUT2D eigenvalue weighted by atomic mass is 10.2. The second kappa shape index (κ2) is 6.23. The summed E-state index contributed by atoms with van der Waals surface area (Å²) in [5.41, 5.74) is 6.59. The van der Waals surface area contributed by atoms with Crippen molar-refractivity contribution < 1.29 is 15.1 Å². The number of aromatic nitrogens is 1. The number of aliphatic hydroxyl groups excluding tert-OH is 1.